The Balaban J connectivity index is 1.73. The van der Waals surface area contributed by atoms with Gasteiger partial charge in [0, 0.05) is 38.4 Å². The van der Waals surface area contributed by atoms with Gasteiger partial charge in [-0.25, -0.2) is 0 Å². The van der Waals surface area contributed by atoms with Crippen LogP contribution in [0.25, 0.3) is 0 Å². The first-order valence-electron chi connectivity index (χ1n) is 6.40. The molecule has 2 aliphatic rings. The fourth-order valence-electron chi connectivity index (χ4n) is 2.26. The van der Waals surface area contributed by atoms with E-state index in [0.717, 1.165) is 12.3 Å². The molecular formula is C12H20N2O3S. The van der Waals surface area contributed by atoms with Gasteiger partial charge in [0.1, 0.15) is 0 Å². The molecule has 0 aromatic carbocycles. The molecule has 2 fully saturated rings. The van der Waals surface area contributed by atoms with E-state index in [2.05, 4.69) is 0 Å². The molecule has 0 radical (unpaired) electrons. The third kappa shape index (κ3) is 3.38. The number of rotatable bonds is 3. The van der Waals surface area contributed by atoms with E-state index >= 15 is 0 Å². The predicted octanol–water partition coefficient (Wildman–Crippen LogP) is 0.919. The van der Waals surface area contributed by atoms with Gasteiger partial charge in [-0.05, 0) is 19.8 Å². The van der Waals surface area contributed by atoms with E-state index in [9.17, 15) is 14.7 Å². The second-order valence-electron chi connectivity index (χ2n) is 5.23. The molecular weight excluding hydrogens is 252 g/mol. The quantitative estimate of drug-likeness (QED) is 0.830. The highest BCUT2D eigenvalue weighted by molar-refractivity contribution is 8.13. The summed E-state index contributed by atoms with van der Waals surface area (Å²) in [7, 11) is 0. The zero-order chi connectivity index (χ0) is 13.2. The van der Waals surface area contributed by atoms with Gasteiger partial charge in [-0.15, -0.1) is 0 Å². The van der Waals surface area contributed by atoms with Crippen LogP contribution >= 0.6 is 11.8 Å². The van der Waals surface area contributed by atoms with Gasteiger partial charge in [-0.3, -0.25) is 9.59 Å². The maximum atomic E-state index is 12.0. The zero-order valence-electron chi connectivity index (χ0n) is 10.7. The van der Waals surface area contributed by atoms with Crippen molar-refractivity contribution < 1.29 is 14.7 Å². The molecule has 0 aromatic rings. The SMILES string of the molecule is CC1(O)CCN(C(=O)CCN2CCSC2=O)CC1. The van der Waals surface area contributed by atoms with E-state index in [1.54, 1.807) is 9.80 Å². The number of aliphatic hydroxyl groups is 1. The average Bonchev–Trinajstić information content (AvgIpc) is 2.72. The summed E-state index contributed by atoms with van der Waals surface area (Å²) in [5.74, 6) is 0.926. The molecule has 0 atom stereocenters. The molecule has 2 heterocycles. The lowest BCUT2D eigenvalue weighted by Crippen LogP contribution is -2.45. The number of piperidine rings is 1. The first-order valence-corrected chi connectivity index (χ1v) is 7.38. The molecule has 6 heteroatoms. The Morgan fingerprint density at radius 3 is 2.61 bits per heavy atom. The van der Waals surface area contributed by atoms with Crippen LogP contribution in [-0.2, 0) is 4.79 Å². The van der Waals surface area contributed by atoms with Crippen LogP contribution < -0.4 is 0 Å². The highest BCUT2D eigenvalue weighted by Crippen LogP contribution is 2.22. The first kappa shape index (κ1) is 13.7. The summed E-state index contributed by atoms with van der Waals surface area (Å²) in [6.07, 6.45) is 1.67. The lowest BCUT2D eigenvalue weighted by atomic mass is 9.94. The van der Waals surface area contributed by atoms with Crippen LogP contribution in [-0.4, -0.2) is 63.6 Å². The molecule has 0 spiro atoms. The van der Waals surface area contributed by atoms with Crippen LogP contribution in [0.2, 0.25) is 0 Å². The minimum absolute atomic E-state index is 0.0874. The summed E-state index contributed by atoms with van der Waals surface area (Å²) in [6, 6.07) is 0. The van der Waals surface area contributed by atoms with E-state index in [4.69, 9.17) is 0 Å². The maximum Gasteiger partial charge on any atom is 0.281 e. The van der Waals surface area contributed by atoms with Crippen LogP contribution in [0.4, 0.5) is 4.79 Å². The lowest BCUT2D eigenvalue weighted by Gasteiger charge is -2.36. The van der Waals surface area contributed by atoms with Gasteiger partial charge < -0.3 is 14.9 Å². The van der Waals surface area contributed by atoms with Crippen LogP contribution in [0.5, 0.6) is 0 Å². The molecule has 2 amide bonds. The van der Waals surface area contributed by atoms with Crippen molar-refractivity contribution in [3.8, 4) is 0 Å². The van der Waals surface area contributed by atoms with E-state index in [0.29, 0.717) is 38.9 Å². The predicted molar refractivity (Wildman–Crippen MR) is 70.5 cm³/mol. The van der Waals surface area contributed by atoms with Crippen molar-refractivity contribution in [2.75, 3.05) is 31.9 Å². The normalized spacial score (nSPS) is 23.6. The number of hydrogen-bond donors (Lipinski definition) is 1. The highest BCUT2D eigenvalue weighted by Gasteiger charge is 2.30. The molecule has 5 nitrogen and oxygen atoms in total. The fraction of sp³-hybridized carbons (Fsp3) is 0.833. The molecule has 0 unspecified atom stereocenters. The van der Waals surface area contributed by atoms with Crippen LogP contribution in [0.1, 0.15) is 26.2 Å². The lowest BCUT2D eigenvalue weighted by molar-refractivity contribution is -0.135. The molecule has 2 rings (SSSR count). The average molecular weight is 272 g/mol. The molecule has 0 aliphatic carbocycles. The van der Waals surface area contributed by atoms with Crippen molar-refractivity contribution in [3.05, 3.63) is 0 Å². The molecule has 0 saturated carbocycles. The van der Waals surface area contributed by atoms with E-state index in [-0.39, 0.29) is 11.1 Å². The fourth-order valence-corrected chi connectivity index (χ4v) is 3.11. The summed E-state index contributed by atoms with van der Waals surface area (Å²) in [6.45, 7) is 4.33. The number of thioether (sulfide) groups is 1. The van der Waals surface area contributed by atoms with Crippen molar-refractivity contribution in [3.63, 3.8) is 0 Å². The number of hydrogen-bond acceptors (Lipinski definition) is 4. The smallest absolute Gasteiger partial charge is 0.281 e. The molecule has 102 valence electrons. The summed E-state index contributed by atoms with van der Waals surface area (Å²) >= 11 is 1.32. The van der Waals surface area contributed by atoms with E-state index in [1.165, 1.54) is 11.8 Å². The molecule has 2 aliphatic heterocycles. The third-order valence-corrected chi connectivity index (χ3v) is 4.53. The number of likely N-dealkylation sites (tertiary alicyclic amines) is 1. The Hall–Kier alpha value is -0.750. The van der Waals surface area contributed by atoms with Gasteiger partial charge in [0.05, 0.1) is 5.60 Å². The van der Waals surface area contributed by atoms with Gasteiger partial charge in [-0.2, -0.15) is 0 Å². The largest absolute Gasteiger partial charge is 0.390 e. The van der Waals surface area contributed by atoms with Crippen molar-refractivity contribution in [2.45, 2.75) is 31.8 Å². The topological polar surface area (TPSA) is 60.9 Å². The Morgan fingerprint density at radius 1 is 1.39 bits per heavy atom. The Kier molecular flexibility index (Phi) is 4.17. The van der Waals surface area contributed by atoms with E-state index < -0.39 is 5.60 Å². The number of carbonyl (C=O) groups excluding carboxylic acids is 2. The second kappa shape index (κ2) is 5.48. The summed E-state index contributed by atoms with van der Waals surface area (Å²) in [4.78, 5) is 26.9. The Labute approximate surface area is 112 Å². The Morgan fingerprint density at radius 2 is 2.06 bits per heavy atom. The van der Waals surface area contributed by atoms with Crippen molar-refractivity contribution in [1.29, 1.82) is 0 Å². The molecule has 1 N–H and O–H groups in total. The number of nitrogens with zero attached hydrogens (tertiary/aromatic N) is 2. The molecule has 0 aromatic heterocycles. The van der Waals surface area contributed by atoms with Gasteiger partial charge in [-0.1, -0.05) is 11.8 Å². The third-order valence-electron chi connectivity index (χ3n) is 3.63. The highest BCUT2D eigenvalue weighted by atomic mass is 32.2. The first-order chi connectivity index (χ1) is 8.48. The van der Waals surface area contributed by atoms with Crippen molar-refractivity contribution >= 4 is 22.9 Å². The van der Waals surface area contributed by atoms with Crippen molar-refractivity contribution in [2.24, 2.45) is 0 Å². The number of amides is 2. The van der Waals surface area contributed by atoms with Gasteiger partial charge >= 0.3 is 0 Å². The van der Waals surface area contributed by atoms with Gasteiger partial charge in [0.2, 0.25) is 5.91 Å². The minimum atomic E-state index is -0.627. The second-order valence-corrected chi connectivity index (χ2v) is 6.28. The monoisotopic (exact) mass is 272 g/mol. The minimum Gasteiger partial charge on any atom is -0.390 e. The summed E-state index contributed by atoms with van der Waals surface area (Å²) in [5, 5.41) is 9.91. The van der Waals surface area contributed by atoms with Crippen LogP contribution in [0, 0.1) is 0 Å². The van der Waals surface area contributed by atoms with Crippen LogP contribution in [0.3, 0.4) is 0 Å². The molecule has 18 heavy (non-hydrogen) atoms. The maximum absolute atomic E-state index is 12.0. The summed E-state index contributed by atoms with van der Waals surface area (Å²) < 4.78 is 0. The standard InChI is InChI=1S/C12H20N2O3S/c1-12(17)3-6-13(7-4-12)10(15)2-5-14-8-9-18-11(14)16/h17H,2-9H2,1H3. The molecule has 0 bridgehead atoms. The molecule has 2 saturated heterocycles. The zero-order valence-corrected chi connectivity index (χ0v) is 11.5. The Bertz CT molecular complexity index is 336. The van der Waals surface area contributed by atoms with E-state index in [1.807, 2.05) is 6.92 Å². The van der Waals surface area contributed by atoms with Gasteiger partial charge in [0.25, 0.3) is 5.24 Å². The van der Waals surface area contributed by atoms with Crippen LogP contribution in [0.15, 0.2) is 0 Å². The number of carbonyl (C=O) groups is 2. The van der Waals surface area contributed by atoms with Crippen molar-refractivity contribution in [1.82, 2.24) is 9.80 Å². The van der Waals surface area contributed by atoms with Gasteiger partial charge in [0.15, 0.2) is 0 Å². The summed E-state index contributed by atoms with van der Waals surface area (Å²) in [5.41, 5.74) is -0.627.